The van der Waals surface area contributed by atoms with Gasteiger partial charge in [-0.15, -0.1) is 0 Å². The number of anilines is 1. The molecule has 0 amide bonds. The summed E-state index contributed by atoms with van der Waals surface area (Å²) in [5.74, 6) is 0.326. The lowest BCUT2D eigenvalue weighted by Crippen LogP contribution is -2.17. The zero-order valence-corrected chi connectivity index (χ0v) is 11.8. The van der Waals surface area contributed by atoms with Gasteiger partial charge in [-0.1, -0.05) is 18.2 Å². The van der Waals surface area contributed by atoms with Crippen LogP contribution in [0.3, 0.4) is 0 Å². The van der Waals surface area contributed by atoms with E-state index in [1.165, 1.54) is 11.1 Å². The Kier molecular flexibility index (Phi) is 3.79. The van der Waals surface area contributed by atoms with Crippen LogP contribution in [0.15, 0.2) is 42.5 Å². The maximum absolute atomic E-state index is 9.71. The predicted molar refractivity (Wildman–Crippen MR) is 83.2 cm³/mol. The van der Waals surface area contributed by atoms with Gasteiger partial charge in [-0.05, 0) is 60.2 Å². The number of hydrogen-bond acceptors (Lipinski definition) is 3. The summed E-state index contributed by atoms with van der Waals surface area (Å²) in [5, 5.41) is 21.9. The largest absolute Gasteiger partial charge is 0.508 e. The normalized spacial score (nSPS) is 16.8. The molecule has 1 aliphatic rings. The molecule has 106 valence electrons. The number of hydrogen-bond donors (Lipinski definition) is 2. The molecule has 0 bridgehead atoms. The number of nitrogens with one attached hydrogen (secondary N) is 1. The fraction of sp³-hybridized carbons (Fsp3) is 0.278. The van der Waals surface area contributed by atoms with Crippen LogP contribution in [0.2, 0.25) is 0 Å². The van der Waals surface area contributed by atoms with Crippen molar-refractivity contribution in [2.45, 2.75) is 31.7 Å². The molecule has 1 atom stereocenters. The lowest BCUT2D eigenvalue weighted by atomic mass is 9.87. The molecule has 0 radical (unpaired) electrons. The van der Waals surface area contributed by atoms with Crippen LogP contribution in [0.5, 0.6) is 5.75 Å². The molecule has 0 spiro atoms. The van der Waals surface area contributed by atoms with Gasteiger partial charge in [0.1, 0.15) is 5.75 Å². The number of benzene rings is 2. The van der Waals surface area contributed by atoms with Gasteiger partial charge in [0, 0.05) is 5.69 Å². The number of nitrogens with zero attached hydrogens (tertiary/aromatic N) is 1. The average Bonchev–Trinajstić information content (AvgIpc) is 2.50. The fourth-order valence-corrected chi connectivity index (χ4v) is 2.95. The Balaban J connectivity index is 1.80. The predicted octanol–water partition coefficient (Wildman–Crippen LogP) is 3.95. The first-order valence-corrected chi connectivity index (χ1v) is 7.30. The lowest BCUT2D eigenvalue weighted by Gasteiger charge is -2.27. The third-order valence-corrected chi connectivity index (χ3v) is 4.02. The molecule has 0 aliphatic heterocycles. The van der Waals surface area contributed by atoms with E-state index in [0.717, 1.165) is 30.5 Å². The summed E-state index contributed by atoms with van der Waals surface area (Å²) in [6.45, 7) is 0. The van der Waals surface area contributed by atoms with Gasteiger partial charge < -0.3 is 10.4 Å². The molecule has 2 aromatic carbocycles. The molecule has 3 heteroatoms. The van der Waals surface area contributed by atoms with Crippen LogP contribution < -0.4 is 5.32 Å². The van der Waals surface area contributed by atoms with Crippen molar-refractivity contribution in [1.82, 2.24) is 0 Å². The minimum absolute atomic E-state index is 0.239. The van der Waals surface area contributed by atoms with E-state index in [1.807, 2.05) is 36.4 Å². The Labute approximate surface area is 124 Å². The van der Waals surface area contributed by atoms with Crippen molar-refractivity contribution in [1.29, 1.82) is 5.26 Å². The van der Waals surface area contributed by atoms with E-state index in [2.05, 4.69) is 11.4 Å². The molecule has 2 N–H and O–H groups in total. The third kappa shape index (κ3) is 3.00. The molecule has 0 saturated carbocycles. The van der Waals surface area contributed by atoms with Gasteiger partial charge in [0.25, 0.3) is 0 Å². The molecule has 0 saturated heterocycles. The number of rotatable bonds is 3. The standard InChI is InChI=1S/C18H18N2O/c19-11-10-13-4-7-15(8-5-13)20-18-3-1-2-14-6-9-16(21)12-17(14)18/h4-9,12,18,20-21H,1-3,10H2. The number of nitriles is 1. The zero-order chi connectivity index (χ0) is 14.7. The van der Waals surface area contributed by atoms with Crippen LogP contribution in [0, 0.1) is 11.3 Å². The molecule has 0 fully saturated rings. The van der Waals surface area contributed by atoms with E-state index >= 15 is 0 Å². The molecule has 1 aliphatic carbocycles. The highest BCUT2D eigenvalue weighted by Crippen LogP contribution is 2.34. The SMILES string of the molecule is N#CCc1ccc(NC2CCCc3ccc(O)cc32)cc1. The van der Waals surface area contributed by atoms with Crippen molar-refractivity contribution in [2.24, 2.45) is 0 Å². The van der Waals surface area contributed by atoms with Crippen LogP contribution in [-0.2, 0) is 12.8 Å². The molecule has 0 aromatic heterocycles. The van der Waals surface area contributed by atoms with Crippen molar-refractivity contribution in [3.8, 4) is 11.8 Å². The van der Waals surface area contributed by atoms with Crippen LogP contribution >= 0.6 is 0 Å². The lowest BCUT2D eigenvalue weighted by molar-refractivity contribution is 0.471. The quantitative estimate of drug-likeness (QED) is 0.893. The number of phenols is 1. The summed E-state index contributed by atoms with van der Waals surface area (Å²) in [7, 11) is 0. The Morgan fingerprint density at radius 1 is 1.19 bits per heavy atom. The number of aryl methyl sites for hydroxylation is 1. The summed E-state index contributed by atoms with van der Waals surface area (Å²) in [6, 6.07) is 16.1. The summed E-state index contributed by atoms with van der Waals surface area (Å²) in [6.07, 6.45) is 3.74. The van der Waals surface area contributed by atoms with Crippen LogP contribution in [0.4, 0.5) is 5.69 Å². The molecule has 2 aromatic rings. The van der Waals surface area contributed by atoms with Crippen molar-refractivity contribution in [2.75, 3.05) is 5.32 Å². The van der Waals surface area contributed by atoms with Crippen LogP contribution in [0.25, 0.3) is 0 Å². The Hall–Kier alpha value is -2.47. The highest BCUT2D eigenvalue weighted by Gasteiger charge is 2.20. The second-order valence-electron chi connectivity index (χ2n) is 5.50. The first-order valence-electron chi connectivity index (χ1n) is 7.30. The molecule has 3 nitrogen and oxygen atoms in total. The minimum atomic E-state index is 0.239. The summed E-state index contributed by atoms with van der Waals surface area (Å²) in [4.78, 5) is 0. The van der Waals surface area contributed by atoms with Gasteiger partial charge in [-0.3, -0.25) is 0 Å². The van der Waals surface area contributed by atoms with E-state index in [-0.39, 0.29) is 6.04 Å². The maximum Gasteiger partial charge on any atom is 0.115 e. The summed E-state index contributed by atoms with van der Waals surface area (Å²) < 4.78 is 0. The van der Waals surface area contributed by atoms with Gasteiger partial charge in [0.2, 0.25) is 0 Å². The fourth-order valence-electron chi connectivity index (χ4n) is 2.95. The highest BCUT2D eigenvalue weighted by atomic mass is 16.3. The monoisotopic (exact) mass is 278 g/mol. The zero-order valence-electron chi connectivity index (χ0n) is 11.8. The van der Waals surface area contributed by atoms with Crippen LogP contribution in [0.1, 0.15) is 35.6 Å². The minimum Gasteiger partial charge on any atom is -0.508 e. The van der Waals surface area contributed by atoms with Gasteiger partial charge in [0.05, 0.1) is 18.5 Å². The van der Waals surface area contributed by atoms with Gasteiger partial charge in [-0.25, -0.2) is 0 Å². The molecule has 0 heterocycles. The second-order valence-corrected chi connectivity index (χ2v) is 5.50. The van der Waals surface area contributed by atoms with Crippen molar-refractivity contribution in [3.63, 3.8) is 0 Å². The molecule has 21 heavy (non-hydrogen) atoms. The van der Waals surface area contributed by atoms with E-state index < -0.39 is 0 Å². The number of aromatic hydroxyl groups is 1. The van der Waals surface area contributed by atoms with Gasteiger partial charge in [-0.2, -0.15) is 5.26 Å². The number of fused-ring (bicyclic) bond motifs is 1. The summed E-state index contributed by atoms with van der Waals surface area (Å²) >= 11 is 0. The van der Waals surface area contributed by atoms with E-state index in [0.29, 0.717) is 12.2 Å². The molecule has 3 rings (SSSR count). The number of phenolic OH excluding ortho intramolecular Hbond substituents is 1. The van der Waals surface area contributed by atoms with E-state index in [4.69, 9.17) is 5.26 Å². The average molecular weight is 278 g/mol. The first kappa shape index (κ1) is 13.5. The van der Waals surface area contributed by atoms with Crippen molar-refractivity contribution in [3.05, 3.63) is 59.2 Å². The molecular weight excluding hydrogens is 260 g/mol. The van der Waals surface area contributed by atoms with E-state index in [1.54, 1.807) is 6.07 Å². The Morgan fingerprint density at radius 2 is 2.00 bits per heavy atom. The molecule has 1 unspecified atom stereocenters. The molecular formula is C18H18N2O. The van der Waals surface area contributed by atoms with Crippen molar-refractivity contribution >= 4 is 5.69 Å². The Morgan fingerprint density at radius 3 is 2.76 bits per heavy atom. The first-order chi connectivity index (χ1) is 10.3. The van der Waals surface area contributed by atoms with Gasteiger partial charge >= 0.3 is 0 Å². The maximum atomic E-state index is 9.71. The smallest absolute Gasteiger partial charge is 0.115 e. The topological polar surface area (TPSA) is 56.0 Å². The van der Waals surface area contributed by atoms with Crippen molar-refractivity contribution < 1.29 is 5.11 Å². The van der Waals surface area contributed by atoms with E-state index in [9.17, 15) is 5.11 Å². The van der Waals surface area contributed by atoms with Crippen LogP contribution in [-0.4, -0.2) is 5.11 Å². The second kappa shape index (κ2) is 5.88. The summed E-state index contributed by atoms with van der Waals surface area (Å²) in [5.41, 5.74) is 4.60. The Bertz CT molecular complexity index is 671. The highest BCUT2D eigenvalue weighted by molar-refractivity contribution is 5.49. The third-order valence-electron chi connectivity index (χ3n) is 4.02. The van der Waals surface area contributed by atoms with Gasteiger partial charge in [0.15, 0.2) is 0 Å².